The SMILES string of the molecule is CNCC1CC(Oc2ncccc2C)C1. The van der Waals surface area contributed by atoms with Crippen LogP contribution in [0.3, 0.4) is 0 Å². The van der Waals surface area contributed by atoms with Gasteiger partial charge in [0.25, 0.3) is 0 Å². The molecule has 1 aromatic rings. The minimum Gasteiger partial charge on any atom is -0.474 e. The third-order valence-electron chi connectivity index (χ3n) is 2.92. The van der Waals surface area contributed by atoms with Crippen LogP contribution < -0.4 is 10.1 Å². The Labute approximate surface area is 90.9 Å². The molecule has 1 N–H and O–H groups in total. The topological polar surface area (TPSA) is 34.1 Å². The van der Waals surface area contributed by atoms with Crippen molar-refractivity contribution >= 4 is 0 Å². The number of ether oxygens (including phenoxy) is 1. The second kappa shape index (κ2) is 4.62. The number of nitrogens with one attached hydrogen (secondary N) is 1. The van der Waals surface area contributed by atoms with E-state index in [1.807, 2.05) is 26.1 Å². The Kier molecular flexibility index (Phi) is 3.21. The van der Waals surface area contributed by atoms with E-state index in [0.717, 1.165) is 36.7 Å². The highest BCUT2D eigenvalue weighted by Crippen LogP contribution is 2.30. The molecule has 1 fully saturated rings. The van der Waals surface area contributed by atoms with Crippen LogP contribution in [0.5, 0.6) is 5.88 Å². The smallest absolute Gasteiger partial charge is 0.216 e. The lowest BCUT2D eigenvalue weighted by Gasteiger charge is -2.35. The van der Waals surface area contributed by atoms with Crippen molar-refractivity contribution in [1.82, 2.24) is 10.3 Å². The van der Waals surface area contributed by atoms with Gasteiger partial charge in [-0.15, -0.1) is 0 Å². The summed E-state index contributed by atoms with van der Waals surface area (Å²) in [7, 11) is 2.00. The largest absolute Gasteiger partial charge is 0.474 e. The molecule has 1 heterocycles. The molecule has 1 aliphatic rings. The number of hydrogen-bond acceptors (Lipinski definition) is 3. The van der Waals surface area contributed by atoms with Gasteiger partial charge in [0.1, 0.15) is 6.10 Å². The van der Waals surface area contributed by atoms with E-state index in [0.29, 0.717) is 6.10 Å². The van der Waals surface area contributed by atoms with E-state index in [9.17, 15) is 0 Å². The Balaban J connectivity index is 1.82. The van der Waals surface area contributed by atoms with Gasteiger partial charge in [0.05, 0.1) is 0 Å². The molecule has 1 aromatic heterocycles. The Morgan fingerprint density at radius 1 is 1.53 bits per heavy atom. The van der Waals surface area contributed by atoms with Crippen molar-refractivity contribution in [2.45, 2.75) is 25.9 Å². The van der Waals surface area contributed by atoms with Gasteiger partial charge in [-0.3, -0.25) is 0 Å². The lowest BCUT2D eigenvalue weighted by atomic mass is 9.82. The molecule has 0 aliphatic heterocycles. The molecule has 2 rings (SSSR count). The fourth-order valence-electron chi connectivity index (χ4n) is 1.98. The van der Waals surface area contributed by atoms with Crippen LogP contribution in [0.25, 0.3) is 0 Å². The second-order valence-corrected chi connectivity index (χ2v) is 4.26. The molecule has 82 valence electrons. The fourth-order valence-corrected chi connectivity index (χ4v) is 1.98. The van der Waals surface area contributed by atoms with Crippen molar-refractivity contribution in [3.05, 3.63) is 23.9 Å². The number of rotatable bonds is 4. The Hall–Kier alpha value is -1.09. The first-order valence-electron chi connectivity index (χ1n) is 5.52. The Bertz CT molecular complexity index is 321. The van der Waals surface area contributed by atoms with Crippen molar-refractivity contribution in [2.75, 3.05) is 13.6 Å². The third kappa shape index (κ3) is 2.48. The molecule has 1 saturated carbocycles. The van der Waals surface area contributed by atoms with E-state index < -0.39 is 0 Å². The van der Waals surface area contributed by atoms with Gasteiger partial charge in [-0.05, 0) is 45.3 Å². The van der Waals surface area contributed by atoms with E-state index in [1.54, 1.807) is 6.20 Å². The highest BCUT2D eigenvalue weighted by molar-refractivity contribution is 5.23. The highest BCUT2D eigenvalue weighted by atomic mass is 16.5. The predicted molar refractivity (Wildman–Crippen MR) is 60.0 cm³/mol. The Morgan fingerprint density at radius 3 is 3.00 bits per heavy atom. The molecule has 0 bridgehead atoms. The minimum absolute atomic E-state index is 0.372. The van der Waals surface area contributed by atoms with Crippen LogP contribution in [0, 0.1) is 12.8 Å². The standard InChI is InChI=1S/C12H18N2O/c1-9-4-3-5-14-12(9)15-11-6-10(7-11)8-13-2/h3-5,10-11,13H,6-8H2,1-2H3. The number of aromatic nitrogens is 1. The van der Waals surface area contributed by atoms with Crippen LogP contribution in [0.2, 0.25) is 0 Å². The van der Waals surface area contributed by atoms with Gasteiger partial charge in [0.2, 0.25) is 5.88 Å². The van der Waals surface area contributed by atoms with Crippen LogP contribution >= 0.6 is 0 Å². The van der Waals surface area contributed by atoms with E-state index in [1.165, 1.54) is 0 Å². The van der Waals surface area contributed by atoms with Gasteiger partial charge in [-0.25, -0.2) is 4.98 Å². The summed E-state index contributed by atoms with van der Waals surface area (Å²) in [6, 6.07) is 3.97. The average Bonchev–Trinajstić information content (AvgIpc) is 2.18. The fraction of sp³-hybridized carbons (Fsp3) is 0.583. The van der Waals surface area contributed by atoms with Crippen LogP contribution in [0.4, 0.5) is 0 Å². The van der Waals surface area contributed by atoms with Gasteiger partial charge in [-0.1, -0.05) is 6.07 Å². The number of hydrogen-bond donors (Lipinski definition) is 1. The van der Waals surface area contributed by atoms with Crippen LogP contribution in [-0.4, -0.2) is 24.7 Å². The molecular formula is C12H18N2O. The van der Waals surface area contributed by atoms with Crippen molar-refractivity contribution in [3.8, 4) is 5.88 Å². The summed E-state index contributed by atoms with van der Waals surface area (Å²) in [5, 5.41) is 3.19. The number of pyridine rings is 1. The average molecular weight is 206 g/mol. The molecular weight excluding hydrogens is 188 g/mol. The Morgan fingerprint density at radius 2 is 2.33 bits per heavy atom. The lowest BCUT2D eigenvalue weighted by Crippen LogP contribution is -2.38. The highest BCUT2D eigenvalue weighted by Gasteiger charge is 2.30. The molecule has 0 radical (unpaired) electrons. The van der Waals surface area contributed by atoms with Crippen LogP contribution in [0.1, 0.15) is 18.4 Å². The maximum Gasteiger partial charge on any atom is 0.216 e. The summed E-state index contributed by atoms with van der Waals surface area (Å²) in [6.07, 6.45) is 4.46. The van der Waals surface area contributed by atoms with Gasteiger partial charge in [0, 0.05) is 11.8 Å². The van der Waals surface area contributed by atoms with Crippen molar-refractivity contribution in [3.63, 3.8) is 0 Å². The summed E-state index contributed by atoms with van der Waals surface area (Å²) < 4.78 is 5.82. The zero-order chi connectivity index (χ0) is 10.7. The van der Waals surface area contributed by atoms with E-state index in [2.05, 4.69) is 10.3 Å². The summed E-state index contributed by atoms with van der Waals surface area (Å²) in [6.45, 7) is 3.13. The lowest BCUT2D eigenvalue weighted by molar-refractivity contribution is 0.0610. The number of aryl methyl sites for hydroxylation is 1. The van der Waals surface area contributed by atoms with Crippen molar-refractivity contribution in [1.29, 1.82) is 0 Å². The maximum atomic E-state index is 5.82. The first-order chi connectivity index (χ1) is 7.29. The first-order valence-corrected chi connectivity index (χ1v) is 5.52. The molecule has 0 saturated heterocycles. The van der Waals surface area contributed by atoms with Gasteiger partial charge in [0.15, 0.2) is 0 Å². The summed E-state index contributed by atoms with van der Waals surface area (Å²) in [5.41, 5.74) is 1.12. The van der Waals surface area contributed by atoms with E-state index >= 15 is 0 Å². The first kappa shape index (κ1) is 10.4. The van der Waals surface area contributed by atoms with Gasteiger partial charge >= 0.3 is 0 Å². The molecule has 0 atom stereocenters. The monoisotopic (exact) mass is 206 g/mol. The van der Waals surface area contributed by atoms with Gasteiger partial charge in [-0.2, -0.15) is 0 Å². The third-order valence-corrected chi connectivity index (χ3v) is 2.92. The van der Waals surface area contributed by atoms with Crippen molar-refractivity contribution in [2.24, 2.45) is 5.92 Å². The zero-order valence-corrected chi connectivity index (χ0v) is 9.36. The second-order valence-electron chi connectivity index (χ2n) is 4.26. The summed E-state index contributed by atoms with van der Waals surface area (Å²) in [5.74, 6) is 1.58. The molecule has 3 nitrogen and oxygen atoms in total. The normalized spacial score (nSPS) is 24.7. The summed E-state index contributed by atoms with van der Waals surface area (Å²) in [4.78, 5) is 4.23. The quantitative estimate of drug-likeness (QED) is 0.815. The molecule has 0 unspecified atom stereocenters. The van der Waals surface area contributed by atoms with Crippen LogP contribution in [0.15, 0.2) is 18.3 Å². The van der Waals surface area contributed by atoms with E-state index in [4.69, 9.17) is 4.74 Å². The maximum absolute atomic E-state index is 5.82. The molecule has 3 heteroatoms. The predicted octanol–water partition coefficient (Wildman–Crippen LogP) is 1.77. The van der Waals surface area contributed by atoms with Gasteiger partial charge < -0.3 is 10.1 Å². The summed E-state index contributed by atoms with van der Waals surface area (Å²) >= 11 is 0. The van der Waals surface area contributed by atoms with E-state index in [-0.39, 0.29) is 0 Å². The zero-order valence-electron chi connectivity index (χ0n) is 9.36. The van der Waals surface area contributed by atoms with Crippen molar-refractivity contribution < 1.29 is 4.74 Å². The molecule has 0 spiro atoms. The molecule has 15 heavy (non-hydrogen) atoms. The molecule has 1 aliphatic carbocycles. The minimum atomic E-state index is 0.372. The molecule has 0 amide bonds. The number of nitrogens with zero attached hydrogens (tertiary/aromatic N) is 1. The molecule has 0 aromatic carbocycles. The van der Waals surface area contributed by atoms with Crippen LogP contribution in [-0.2, 0) is 0 Å².